The van der Waals surface area contributed by atoms with E-state index in [9.17, 15) is 9.59 Å². The van der Waals surface area contributed by atoms with Crippen molar-refractivity contribution in [1.82, 2.24) is 20.0 Å². The molecule has 3 N–H and O–H groups in total. The van der Waals surface area contributed by atoms with Gasteiger partial charge in [-0.15, -0.1) is 0 Å². The summed E-state index contributed by atoms with van der Waals surface area (Å²) in [5.41, 5.74) is 8.89. The summed E-state index contributed by atoms with van der Waals surface area (Å²) in [6, 6.07) is 9.93. The first kappa shape index (κ1) is 17.4. The quantitative estimate of drug-likeness (QED) is 0.776. The van der Waals surface area contributed by atoms with Crippen LogP contribution in [0.4, 0.5) is 5.69 Å². The summed E-state index contributed by atoms with van der Waals surface area (Å²) >= 11 is 0. The van der Waals surface area contributed by atoms with Crippen LogP contribution in [-0.2, 0) is 34.6 Å². The Bertz CT molecular complexity index is 930. The van der Waals surface area contributed by atoms with Crippen molar-refractivity contribution >= 4 is 17.5 Å². The van der Waals surface area contributed by atoms with Crippen LogP contribution in [-0.4, -0.2) is 52.7 Å². The van der Waals surface area contributed by atoms with E-state index in [0.717, 1.165) is 56.1 Å². The van der Waals surface area contributed by atoms with E-state index in [2.05, 4.69) is 21.0 Å². The van der Waals surface area contributed by atoms with E-state index in [4.69, 9.17) is 10.8 Å². The third-order valence-electron chi connectivity index (χ3n) is 6.13. The van der Waals surface area contributed by atoms with Gasteiger partial charge in [0.25, 0.3) is 0 Å². The summed E-state index contributed by atoms with van der Waals surface area (Å²) in [5.74, 6) is -0.504. The molecule has 1 unspecified atom stereocenters. The lowest BCUT2D eigenvalue weighted by atomic mass is 9.81. The van der Waals surface area contributed by atoms with E-state index in [0.29, 0.717) is 6.54 Å². The molecule has 0 bridgehead atoms. The van der Waals surface area contributed by atoms with Gasteiger partial charge in [0.1, 0.15) is 6.54 Å². The highest BCUT2D eigenvalue weighted by Gasteiger charge is 2.54. The molecule has 5 rings (SSSR count). The average Bonchev–Trinajstić information content (AvgIpc) is 3.35. The number of amides is 2. The molecular formula is C20H24N6O2. The van der Waals surface area contributed by atoms with Crippen molar-refractivity contribution < 1.29 is 9.59 Å². The molecule has 3 aliphatic heterocycles. The largest absolute Gasteiger partial charge is 0.368 e. The summed E-state index contributed by atoms with van der Waals surface area (Å²) in [4.78, 5) is 28.7. The molecule has 3 aliphatic rings. The second-order valence-electron chi connectivity index (χ2n) is 7.94. The van der Waals surface area contributed by atoms with Gasteiger partial charge in [-0.2, -0.15) is 5.10 Å². The third-order valence-corrected chi connectivity index (χ3v) is 6.13. The van der Waals surface area contributed by atoms with Crippen molar-refractivity contribution in [3.63, 3.8) is 0 Å². The predicted octanol–water partition coefficient (Wildman–Crippen LogP) is -0.0381. The molecule has 1 atom stereocenters. The summed E-state index contributed by atoms with van der Waals surface area (Å²) in [7, 11) is 0. The Balaban J connectivity index is 1.40. The molecule has 2 aromatic rings. The number of nitrogens with zero attached hydrogens (tertiary/aromatic N) is 4. The fraction of sp³-hybridized carbons (Fsp3) is 0.450. The van der Waals surface area contributed by atoms with Gasteiger partial charge in [0.15, 0.2) is 0 Å². The third kappa shape index (κ3) is 2.63. The molecule has 0 saturated carbocycles. The maximum Gasteiger partial charge on any atom is 0.239 e. The van der Waals surface area contributed by atoms with Crippen LogP contribution in [0, 0.1) is 0 Å². The van der Waals surface area contributed by atoms with Gasteiger partial charge >= 0.3 is 0 Å². The maximum atomic E-state index is 13.3. The minimum absolute atomic E-state index is 0.0108. The minimum Gasteiger partial charge on any atom is -0.368 e. The fourth-order valence-corrected chi connectivity index (χ4v) is 4.89. The van der Waals surface area contributed by atoms with E-state index in [1.165, 1.54) is 5.69 Å². The number of hydrogen-bond donors (Lipinski definition) is 2. The molecule has 8 heteroatoms. The van der Waals surface area contributed by atoms with Gasteiger partial charge in [0.05, 0.1) is 23.3 Å². The van der Waals surface area contributed by atoms with Crippen LogP contribution in [0.25, 0.3) is 0 Å². The second-order valence-corrected chi connectivity index (χ2v) is 7.94. The maximum absolute atomic E-state index is 13.3. The smallest absolute Gasteiger partial charge is 0.239 e. The number of benzene rings is 1. The molecule has 1 saturated heterocycles. The lowest BCUT2D eigenvalue weighted by Gasteiger charge is -2.24. The number of carbonyl (C=O) groups excluding carboxylic acids is 2. The van der Waals surface area contributed by atoms with Crippen molar-refractivity contribution in [1.29, 1.82) is 0 Å². The van der Waals surface area contributed by atoms with Crippen LogP contribution in [0.5, 0.6) is 0 Å². The molecule has 1 spiro atoms. The Morgan fingerprint density at radius 3 is 2.96 bits per heavy atom. The first-order valence-electron chi connectivity index (χ1n) is 9.75. The first-order chi connectivity index (χ1) is 13.6. The summed E-state index contributed by atoms with van der Waals surface area (Å²) in [5, 5.41) is 8.09. The molecule has 1 fully saturated rings. The Hall–Kier alpha value is -2.71. The molecule has 146 valence electrons. The molecule has 0 radical (unpaired) electrons. The Kier molecular flexibility index (Phi) is 3.99. The zero-order valence-electron chi connectivity index (χ0n) is 15.7. The number of hydrogen-bond acceptors (Lipinski definition) is 5. The van der Waals surface area contributed by atoms with E-state index >= 15 is 0 Å². The molecule has 0 aliphatic carbocycles. The van der Waals surface area contributed by atoms with Crippen LogP contribution >= 0.6 is 0 Å². The standard InChI is InChI=1S/C20H24N6O2/c21-18(27)12-25-17-4-2-1-3-16(17)20(19(25)28)5-7-24(13-20)11-14-9-15-10-22-6-8-26(15)23-14/h1-4,9,22H,5-8,10-13H2,(H2,21,27). The number of aromatic nitrogens is 2. The van der Waals surface area contributed by atoms with Crippen LogP contribution < -0.4 is 16.0 Å². The lowest BCUT2D eigenvalue weighted by Crippen LogP contribution is -2.45. The van der Waals surface area contributed by atoms with Gasteiger partial charge < -0.3 is 16.0 Å². The van der Waals surface area contributed by atoms with Crippen molar-refractivity contribution in [3.8, 4) is 0 Å². The SMILES string of the molecule is NC(=O)CN1C(=O)C2(CCN(Cc3cc4n(n3)CCNC4)C2)c2ccccc21. The number of carbonyl (C=O) groups is 2. The number of nitrogens with two attached hydrogens (primary N) is 1. The highest BCUT2D eigenvalue weighted by Crippen LogP contribution is 2.47. The van der Waals surface area contributed by atoms with Crippen LogP contribution in [0.15, 0.2) is 30.3 Å². The van der Waals surface area contributed by atoms with Gasteiger partial charge in [-0.3, -0.25) is 19.2 Å². The van der Waals surface area contributed by atoms with E-state index in [-0.39, 0.29) is 12.5 Å². The number of primary amides is 1. The highest BCUT2D eigenvalue weighted by atomic mass is 16.2. The minimum atomic E-state index is -0.590. The number of para-hydroxylation sites is 1. The number of rotatable bonds is 4. The molecule has 4 heterocycles. The fourth-order valence-electron chi connectivity index (χ4n) is 4.89. The summed E-state index contributed by atoms with van der Waals surface area (Å²) < 4.78 is 2.07. The summed E-state index contributed by atoms with van der Waals surface area (Å²) in [6.07, 6.45) is 0.743. The Labute approximate surface area is 163 Å². The predicted molar refractivity (Wildman–Crippen MR) is 103 cm³/mol. The number of anilines is 1. The molecule has 1 aromatic carbocycles. The van der Waals surface area contributed by atoms with Gasteiger partial charge in [-0.1, -0.05) is 18.2 Å². The van der Waals surface area contributed by atoms with Crippen molar-refractivity contribution in [2.45, 2.75) is 31.5 Å². The molecule has 28 heavy (non-hydrogen) atoms. The van der Waals surface area contributed by atoms with Crippen molar-refractivity contribution in [2.24, 2.45) is 5.73 Å². The van der Waals surface area contributed by atoms with E-state index in [1.807, 2.05) is 24.3 Å². The topological polar surface area (TPSA) is 96.5 Å². The molecule has 1 aromatic heterocycles. The first-order valence-corrected chi connectivity index (χ1v) is 9.75. The molecular weight excluding hydrogens is 356 g/mol. The lowest BCUT2D eigenvalue weighted by molar-refractivity contribution is -0.125. The Morgan fingerprint density at radius 1 is 1.29 bits per heavy atom. The van der Waals surface area contributed by atoms with E-state index in [1.54, 1.807) is 4.90 Å². The van der Waals surface area contributed by atoms with Crippen molar-refractivity contribution in [3.05, 3.63) is 47.3 Å². The van der Waals surface area contributed by atoms with Crippen molar-refractivity contribution in [2.75, 3.05) is 31.1 Å². The molecule has 2 amide bonds. The second kappa shape index (κ2) is 6.42. The van der Waals surface area contributed by atoms with Crippen LogP contribution in [0.3, 0.4) is 0 Å². The van der Waals surface area contributed by atoms with Gasteiger partial charge in [-0.25, -0.2) is 0 Å². The van der Waals surface area contributed by atoms with Gasteiger partial charge in [0.2, 0.25) is 11.8 Å². The Morgan fingerprint density at radius 2 is 2.14 bits per heavy atom. The summed E-state index contributed by atoms with van der Waals surface area (Å²) in [6.45, 7) is 4.81. The van der Waals surface area contributed by atoms with Crippen LogP contribution in [0.1, 0.15) is 23.4 Å². The monoisotopic (exact) mass is 380 g/mol. The number of nitrogens with one attached hydrogen (secondary N) is 1. The normalized spacial score (nSPS) is 24.0. The zero-order chi connectivity index (χ0) is 19.3. The number of likely N-dealkylation sites (tertiary alicyclic amines) is 1. The van der Waals surface area contributed by atoms with Gasteiger partial charge in [0, 0.05) is 38.4 Å². The van der Waals surface area contributed by atoms with E-state index < -0.39 is 11.3 Å². The zero-order valence-corrected chi connectivity index (χ0v) is 15.7. The highest BCUT2D eigenvalue weighted by molar-refractivity contribution is 6.11. The van der Waals surface area contributed by atoms with Gasteiger partial charge in [-0.05, 0) is 24.1 Å². The number of fused-ring (bicyclic) bond motifs is 3. The molecule has 8 nitrogen and oxygen atoms in total. The average molecular weight is 380 g/mol. The van der Waals surface area contributed by atoms with Crippen LogP contribution in [0.2, 0.25) is 0 Å².